The van der Waals surface area contributed by atoms with Gasteiger partial charge in [0.1, 0.15) is 5.75 Å². The van der Waals surface area contributed by atoms with Gasteiger partial charge in [0.15, 0.2) is 0 Å². The van der Waals surface area contributed by atoms with Crippen LogP contribution in [-0.2, 0) is 9.59 Å². The summed E-state index contributed by atoms with van der Waals surface area (Å²) in [6.07, 6.45) is 2.34. The largest absolute Gasteiger partial charge is 0.497 e. The maximum absolute atomic E-state index is 12.2. The summed E-state index contributed by atoms with van der Waals surface area (Å²) in [5.41, 5.74) is 1.71. The van der Waals surface area contributed by atoms with Crippen LogP contribution in [0.2, 0.25) is 0 Å². The zero-order chi connectivity index (χ0) is 18.4. The monoisotopic (exact) mass is 373 g/mol. The fourth-order valence-corrected chi connectivity index (χ4v) is 3.84. The summed E-state index contributed by atoms with van der Waals surface area (Å²) in [5, 5.41) is 9.52. The van der Waals surface area contributed by atoms with Crippen molar-refractivity contribution in [2.75, 3.05) is 32.1 Å². The molecule has 6 nitrogen and oxygen atoms in total. The van der Waals surface area contributed by atoms with Gasteiger partial charge in [-0.1, -0.05) is 6.07 Å². The number of anilines is 1. The van der Waals surface area contributed by atoms with E-state index in [1.54, 1.807) is 42.7 Å². The number of nitrogens with one attached hydrogen (secondary N) is 2. The van der Waals surface area contributed by atoms with Crippen molar-refractivity contribution in [1.82, 2.24) is 10.2 Å². The van der Waals surface area contributed by atoms with Crippen molar-refractivity contribution < 1.29 is 14.3 Å². The van der Waals surface area contributed by atoms with Crippen LogP contribution in [0.4, 0.5) is 5.69 Å². The predicted molar refractivity (Wildman–Crippen MR) is 103 cm³/mol. The van der Waals surface area contributed by atoms with E-state index in [1.165, 1.54) is 18.4 Å². The number of nitrogens with zero attached hydrogens (tertiary/aromatic N) is 1. The maximum atomic E-state index is 12.2. The van der Waals surface area contributed by atoms with Gasteiger partial charge < -0.3 is 15.4 Å². The average molecular weight is 373 g/mol. The van der Waals surface area contributed by atoms with E-state index in [0.717, 1.165) is 13.1 Å². The molecule has 3 rings (SSSR count). The number of methoxy groups -OCH3 is 1. The summed E-state index contributed by atoms with van der Waals surface area (Å²) in [7, 11) is 1.55. The van der Waals surface area contributed by atoms with Gasteiger partial charge >= 0.3 is 11.8 Å². The summed E-state index contributed by atoms with van der Waals surface area (Å²) in [6, 6.07) is 9.10. The Morgan fingerprint density at radius 1 is 1.23 bits per heavy atom. The van der Waals surface area contributed by atoms with Gasteiger partial charge in [0, 0.05) is 18.3 Å². The molecule has 0 saturated carbocycles. The van der Waals surface area contributed by atoms with E-state index in [-0.39, 0.29) is 6.04 Å². The Hall–Kier alpha value is -2.38. The molecule has 26 heavy (non-hydrogen) atoms. The Bertz CT molecular complexity index is 742. The first-order valence-corrected chi connectivity index (χ1v) is 9.61. The van der Waals surface area contributed by atoms with Crippen molar-refractivity contribution in [3.63, 3.8) is 0 Å². The number of carbonyl (C=O) groups is 2. The van der Waals surface area contributed by atoms with Crippen LogP contribution in [0.3, 0.4) is 0 Å². The van der Waals surface area contributed by atoms with Crippen molar-refractivity contribution in [1.29, 1.82) is 0 Å². The molecule has 1 aliphatic heterocycles. The van der Waals surface area contributed by atoms with Gasteiger partial charge in [-0.2, -0.15) is 11.3 Å². The SMILES string of the molecule is COc1cccc(NC(=O)C(=O)NCC(c2ccsc2)N2CCCC2)c1. The summed E-state index contributed by atoms with van der Waals surface area (Å²) >= 11 is 1.64. The number of likely N-dealkylation sites (tertiary alicyclic amines) is 1. The first-order valence-electron chi connectivity index (χ1n) is 8.67. The Morgan fingerprint density at radius 3 is 2.73 bits per heavy atom. The van der Waals surface area contributed by atoms with Gasteiger partial charge in [0.25, 0.3) is 0 Å². The number of thiophene rings is 1. The highest BCUT2D eigenvalue weighted by atomic mass is 32.1. The molecule has 7 heteroatoms. The number of carbonyl (C=O) groups excluding carboxylic acids is 2. The lowest BCUT2D eigenvalue weighted by Crippen LogP contribution is -2.41. The number of hydrogen-bond donors (Lipinski definition) is 2. The molecule has 0 radical (unpaired) electrons. The highest BCUT2D eigenvalue weighted by Crippen LogP contribution is 2.26. The number of amides is 2. The molecule has 1 unspecified atom stereocenters. The van der Waals surface area contributed by atoms with Crippen LogP contribution in [-0.4, -0.2) is 43.5 Å². The summed E-state index contributed by atoms with van der Waals surface area (Å²) in [4.78, 5) is 26.7. The van der Waals surface area contributed by atoms with Crippen LogP contribution in [0.25, 0.3) is 0 Å². The third-order valence-corrected chi connectivity index (χ3v) is 5.20. The van der Waals surface area contributed by atoms with Gasteiger partial charge in [-0.05, 0) is 60.5 Å². The van der Waals surface area contributed by atoms with Gasteiger partial charge in [-0.25, -0.2) is 0 Å². The van der Waals surface area contributed by atoms with E-state index >= 15 is 0 Å². The lowest BCUT2D eigenvalue weighted by Gasteiger charge is -2.27. The molecule has 1 aromatic carbocycles. The molecule has 1 atom stereocenters. The van der Waals surface area contributed by atoms with Crippen molar-refractivity contribution in [2.24, 2.45) is 0 Å². The van der Waals surface area contributed by atoms with Crippen molar-refractivity contribution in [3.8, 4) is 5.75 Å². The van der Waals surface area contributed by atoms with Gasteiger partial charge in [0.05, 0.1) is 13.2 Å². The number of benzene rings is 1. The van der Waals surface area contributed by atoms with Crippen LogP contribution < -0.4 is 15.4 Å². The van der Waals surface area contributed by atoms with Crippen LogP contribution >= 0.6 is 11.3 Å². The molecule has 0 spiro atoms. The van der Waals surface area contributed by atoms with E-state index in [4.69, 9.17) is 4.74 Å². The summed E-state index contributed by atoms with van der Waals surface area (Å²) in [5.74, 6) is -0.689. The fourth-order valence-electron chi connectivity index (χ4n) is 3.13. The predicted octanol–water partition coefficient (Wildman–Crippen LogP) is 2.65. The van der Waals surface area contributed by atoms with E-state index < -0.39 is 11.8 Å². The molecule has 2 heterocycles. The lowest BCUT2D eigenvalue weighted by molar-refractivity contribution is -0.136. The molecular weight excluding hydrogens is 350 g/mol. The molecule has 2 N–H and O–H groups in total. The third kappa shape index (κ3) is 4.62. The van der Waals surface area contributed by atoms with Crippen molar-refractivity contribution in [2.45, 2.75) is 18.9 Å². The first kappa shape index (κ1) is 18.4. The molecule has 1 fully saturated rings. The lowest BCUT2D eigenvalue weighted by atomic mass is 10.1. The standard InChI is InChI=1S/C19H23N3O3S/c1-25-16-6-4-5-15(11-16)21-19(24)18(23)20-12-17(14-7-10-26-13-14)22-8-2-3-9-22/h4-7,10-11,13,17H,2-3,8-9,12H2,1H3,(H,20,23)(H,21,24). The zero-order valence-electron chi connectivity index (χ0n) is 14.7. The highest BCUT2D eigenvalue weighted by molar-refractivity contribution is 7.08. The van der Waals surface area contributed by atoms with Crippen LogP contribution in [0, 0.1) is 0 Å². The molecule has 2 amide bonds. The molecular formula is C19H23N3O3S. The number of rotatable bonds is 6. The van der Waals surface area contributed by atoms with E-state index in [0.29, 0.717) is 18.0 Å². The van der Waals surface area contributed by atoms with E-state index in [1.807, 2.05) is 5.38 Å². The first-order chi connectivity index (χ1) is 12.7. The minimum atomic E-state index is -0.677. The molecule has 1 aliphatic rings. The minimum Gasteiger partial charge on any atom is -0.497 e. The van der Waals surface area contributed by atoms with Gasteiger partial charge in [-0.15, -0.1) is 0 Å². The third-order valence-electron chi connectivity index (χ3n) is 4.50. The van der Waals surface area contributed by atoms with Gasteiger partial charge in [0.2, 0.25) is 0 Å². The van der Waals surface area contributed by atoms with E-state index in [2.05, 4.69) is 27.0 Å². The second kappa shape index (κ2) is 8.82. The van der Waals surface area contributed by atoms with Crippen LogP contribution in [0.5, 0.6) is 5.75 Å². The summed E-state index contributed by atoms with van der Waals surface area (Å²) < 4.78 is 5.12. The Labute approximate surface area is 157 Å². The smallest absolute Gasteiger partial charge is 0.313 e. The van der Waals surface area contributed by atoms with Gasteiger partial charge in [-0.3, -0.25) is 14.5 Å². The van der Waals surface area contributed by atoms with Crippen LogP contribution in [0.15, 0.2) is 41.1 Å². The molecule has 2 aromatic rings. The highest BCUT2D eigenvalue weighted by Gasteiger charge is 2.25. The fraction of sp³-hybridized carbons (Fsp3) is 0.368. The summed E-state index contributed by atoms with van der Waals surface area (Å²) in [6.45, 7) is 2.46. The Morgan fingerprint density at radius 2 is 2.04 bits per heavy atom. The molecule has 138 valence electrons. The van der Waals surface area contributed by atoms with E-state index in [9.17, 15) is 9.59 Å². The molecule has 0 bridgehead atoms. The van der Waals surface area contributed by atoms with Crippen molar-refractivity contribution in [3.05, 3.63) is 46.7 Å². The Balaban J connectivity index is 1.58. The normalized spacial score (nSPS) is 15.4. The maximum Gasteiger partial charge on any atom is 0.313 e. The van der Waals surface area contributed by atoms with Crippen LogP contribution in [0.1, 0.15) is 24.4 Å². The Kier molecular flexibility index (Phi) is 6.25. The molecule has 1 saturated heterocycles. The number of hydrogen-bond acceptors (Lipinski definition) is 5. The molecule has 0 aliphatic carbocycles. The number of ether oxygens (including phenoxy) is 1. The second-order valence-electron chi connectivity index (χ2n) is 6.21. The second-order valence-corrected chi connectivity index (χ2v) is 6.99. The molecule has 1 aromatic heterocycles. The minimum absolute atomic E-state index is 0.109. The van der Waals surface area contributed by atoms with Crippen molar-refractivity contribution >= 4 is 28.8 Å². The zero-order valence-corrected chi connectivity index (χ0v) is 15.6. The average Bonchev–Trinajstić information content (AvgIpc) is 3.36. The quantitative estimate of drug-likeness (QED) is 0.764. The topological polar surface area (TPSA) is 70.7 Å².